The molecule has 5 nitrogen and oxygen atoms in total. The van der Waals surface area contributed by atoms with Gasteiger partial charge in [0.1, 0.15) is 5.54 Å². The number of hydrogen-bond donors (Lipinski definition) is 2. The van der Waals surface area contributed by atoms with Crippen LogP contribution in [0.4, 0.5) is 0 Å². The molecule has 0 unspecified atom stereocenters. The molecule has 1 aromatic rings. The predicted octanol–water partition coefficient (Wildman–Crippen LogP) is 2.17. The van der Waals surface area contributed by atoms with Gasteiger partial charge in [0.15, 0.2) is 11.5 Å². The van der Waals surface area contributed by atoms with Crippen molar-refractivity contribution in [2.45, 2.75) is 31.3 Å². The molecule has 0 spiro atoms. The van der Waals surface area contributed by atoms with Gasteiger partial charge >= 0.3 is 5.97 Å². The Morgan fingerprint density at radius 3 is 2.84 bits per heavy atom. The zero-order chi connectivity index (χ0) is 13.5. The zero-order valence-corrected chi connectivity index (χ0v) is 11.0. The van der Waals surface area contributed by atoms with E-state index in [4.69, 9.17) is 21.1 Å². The second-order valence-electron chi connectivity index (χ2n) is 4.91. The molecule has 2 aliphatic rings. The number of fused-ring (bicyclic) bond motifs is 1. The minimum absolute atomic E-state index is 0.172. The molecule has 1 saturated carbocycles. The van der Waals surface area contributed by atoms with Crippen molar-refractivity contribution in [1.29, 1.82) is 0 Å². The number of carboxylic acid groups (broad SMARTS) is 1. The third-order valence-electron chi connectivity index (χ3n) is 3.73. The van der Waals surface area contributed by atoms with Crippen molar-refractivity contribution >= 4 is 17.6 Å². The predicted molar refractivity (Wildman–Crippen MR) is 68.6 cm³/mol. The first-order chi connectivity index (χ1) is 9.11. The topological polar surface area (TPSA) is 67.8 Å². The number of benzene rings is 1. The SMILES string of the molecule is O=C(O)C1(NCc2cc(Cl)c3c(c2)OCO3)CCC1. The Labute approximate surface area is 115 Å². The Kier molecular flexibility index (Phi) is 3.03. The molecule has 2 N–H and O–H groups in total. The molecule has 3 rings (SSSR count). The summed E-state index contributed by atoms with van der Waals surface area (Å²) in [6.45, 7) is 0.619. The minimum atomic E-state index is -0.786. The molecule has 6 heteroatoms. The lowest BCUT2D eigenvalue weighted by Gasteiger charge is -2.38. The molecule has 1 aliphatic carbocycles. The van der Waals surface area contributed by atoms with Gasteiger partial charge in [-0.05, 0) is 37.0 Å². The second kappa shape index (κ2) is 4.58. The Morgan fingerprint density at radius 2 is 2.21 bits per heavy atom. The highest BCUT2D eigenvalue weighted by Crippen LogP contribution is 2.40. The van der Waals surface area contributed by atoms with Crippen molar-refractivity contribution in [2.24, 2.45) is 0 Å². The van der Waals surface area contributed by atoms with E-state index in [1.54, 1.807) is 6.07 Å². The summed E-state index contributed by atoms with van der Waals surface area (Å²) in [6.07, 6.45) is 2.28. The first kappa shape index (κ1) is 12.6. The fraction of sp³-hybridized carbons (Fsp3) is 0.462. The molecule has 0 atom stereocenters. The lowest BCUT2D eigenvalue weighted by Crippen LogP contribution is -2.56. The van der Waals surface area contributed by atoms with E-state index in [1.165, 1.54) is 0 Å². The van der Waals surface area contributed by atoms with Crippen LogP contribution in [0, 0.1) is 0 Å². The summed E-state index contributed by atoms with van der Waals surface area (Å²) in [5, 5.41) is 12.8. The van der Waals surface area contributed by atoms with Gasteiger partial charge in [0.25, 0.3) is 0 Å². The monoisotopic (exact) mass is 283 g/mol. The van der Waals surface area contributed by atoms with Crippen LogP contribution in [0.5, 0.6) is 11.5 Å². The summed E-state index contributed by atoms with van der Waals surface area (Å²) in [4.78, 5) is 11.2. The second-order valence-corrected chi connectivity index (χ2v) is 5.31. The number of halogens is 1. The van der Waals surface area contributed by atoms with E-state index in [2.05, 4.69) is 5.32 Å². The van der Waals surface area contributed by atoms with E-state index in [0.29, 0.717) is 35.9 Å². The van der Waals surface area contributed by atoms with Crippen LogP contribution in [0.15, 0.2) is 12.1 Å². The van der Waals surface area contributed by atoms with Gasteiger partial charge < -0.3 is 14.6 Å². The highest BCUT2D eigenvalue weighted by molar-refractivity contribution is 6.32. The molecule has 102 valence electrons. The third-order valence-corrected chi connectivity index (χ3v) is 4.02. The van der Waals surface area contributed by atoms with E-state index in [0.717, 1.165) is 12.0 Å². The highest BCUT2D eigenvalue weighted by atomic mass is 35.5. The molecule has 1 aliphatic heterocycles. The van der Waals surface area contributed by atoms with Crippen LogP contribution >= 0.6 is 11.6 Å². The van der Waals surface area contributed by atoms with Crippen LogP contribution in [0.3, 0.4) is 0 Å². The number of nitrogens with one attached hydrogen (secondary N) is 1. The van der Waals surface area contributed by atoms with Crippen LogP contribution in [-0.2, 0) is 11.3 Å². The number of hydrogen-bond acceptors (Lipinski definition) is 4. The largest absolute Gasteiger partial charge is 0.480 e. The van der Waals surface area contributed by atoms with Gasteiger partial charge in [-0.25, -0.2) is 0 Å². The molecule has 1 heterocycles. The fourth-order valence-electron chi connectivity index (χ4n) is 2.39. The van der Waals surface area contributed by atoms with Gasteiger partial charge in [-0.3, -0.25) is 10.1 Å². The van der Waals surface area contributed by atoms with Crippen LogP contribution in [0.2, 0.25) is 5.02 Å². The fourth-order valence-corrected chi connectivity index (χ4v) is 2.68. The molecular formula is C13H14ClNO4. The van der Waals surface area contributed by atoms with Crippen LogP contribution in [-0.4, -0.2) is 23.4 Å². The molecule has 0 aromatic heterocycles. The summed E-state index contributed by atoms with van der Waals surface area (Å²) in [7, 11) is 0. The van der Waals surface area contributed by atoms with Crippen molar-refractivity contribution < 1.29 is 19.4 Å². The van der Waals surface area contributed by atoms with Crippen molar-refractivity contribution in [1.82, 2.24) is 5.32 Å². The Morgan fingerprint density at radius 1 is 1.42 bits per heavy atom. The van der Waals surface area contributed by atoms with Crippen molar-refractivity contribution in [3.8, 4) is 11.5 Å². The summed E-state index contributed by atoms with van der Waals surface area (Å²) in [5.74, 6) is 0.384. The number of ether oxygens (including phenoxy) is 2. The van der Waals surface area contributed by atoms with Gasteiger partial charge in [-0.1, -0.05) is 11.6 Å². The molecule has 1 fully saturated rings. The zero-order valence-electron chi connectivity index (χ0n) is 10.2. The van der Waals surface area contributed by atoms with Gasteiger partial charge in [-0.15, -0.1) is 0 Å². The quantitative estimate of drug-likeness (QED) is 0.886. The Balaban J connectivity index is 1.74. The van der Waals surface area contributed by atoms with E-state index < -0.39 is 11.5 Å². The number of aliphatic carboxylic acids is 1. The molecule has 0 amide bonds. The average Bonchev–Trinajstić information content (AvgIpc) is 2.75. The van der Waals surface area contributed by atoms with E-state index >= 15 is 0 Å². The maximum atomic E-state index is 11.2. The highest BCUT2D eigenvalue weighted by Gasteiger charge is 2.43. The van der Waals surface area contributed by atoms with Gasteiger partial charge in [0.2, 0.25) is 6.79 Å². The normalized spacial score (nSPS) is 19.0. The number of rotatable bonds is 4. The first-order valence-electron chi connectivity index (χ1n) is 6.17. The maximum absolute atomic E-state index is 11.2. The molecule has 1 aromatic carbocycles. The van der Waals surface area contributed by atoms with Gasteiger partial charge in [-0.2, -0.15) is 0 Å². The van der Waals surface area contributed by atoms with Crippen LogP contribution in [0.25, 0.3) is 0 Å². The van der Waals surface area contributed by atoms with Crippen LogP contribution < -0.4 is 14.8 Å². The van der Waals surface area contributed by atoms with Crippen molar-refractivity contribution in [2.75, 3.05) is 6.79 Å². The smallest absolute Gasteiger partial charge is 0.323 e. The average molecular weight is 284 g/mol. The summed E-state index contributed by atoms with van der Waals surface area (Å²) < 4.78 is 10.5. The van der Waals surface area contributed by atoms with E-state index in [-0.39, 0.29) is 6.79 Å². The van der Waals surface area contributed by atoms with Crippen molar-refractivity contribution in [3.63, 3.8) is 0 Å². The lowest BCUT2D eigenvalue weighted by molar-refractivity contribution is -0.148. The third kappa shape index (κ3) is 2.13. The molecule has 0 saturated heterocycles. The number of carboxylic acids is 1. The minimum Gasteiger partial charge on any atom is -0.480 e. The number of carbonyl (C=O) groups is 1. The Bertz CT molecular complexity index is 528. The summed E-state index contributed by atoms with van der Waals surface area (Å²) in [5.41, 5.74) is 0.116. The summed E-state index contributed by atoms with van der Waals surface area (Å²) in [6, 6.07) is 3.60. The first-order valence-corrected chi connectivity index (χ1v) is 6.55. The van der Waals surface area contributed by atoms with Gasteiger partial charge in [0, 0.05) is 6.54 Å². The van der Waals surface area contributed by atoms with E-state index in [1.807, 2.05) is 6.07 Å². The summed E-state index contributed by atoms with van der Waals surface area (Å²) >= 11 is 6.09. The maximum Gasteiger partial charge on any atom is 0.323 e. The standard InChI is InChI=1S/C13H14ClNO4/c14-9-4-8(5-10-11(9)19-7-18-10)6-15-13(12(16)17)2-1-3-13/h4-5,15H,1-3,6-7H2,(H,16,17). The molecule has 0 radical (unpaired) electrons. The lowest BCUT2D eigenvalue weighted by atomic mass is 9.76. The molecule has 0 bridgehead atoms. The van der Waals surface area contributed by atoms with Crippen LogP contribution in [0.1, 0.15) is 24.8 Å². The Hall–Kier alpha value is -1.46. The van der Waals surface area contributed by atoms with Crippen molar-refractivity contribution in [3.05, 3.63) is 22.7 Å². The molecule has 19 heavy (non-hydrogen) atoms. The molecular weight excluding hydrogens is 270 g/mol. The van der Waals surface area contributed by atoms with E-state index in [9.17, 15) is 9.90 Å². The van der Waals surface area contributed by atoms with Gasteiger partial charge in [0.05, 0.1) is 5.02 Å².